The molecule has 2 N–H and O–H groups in total. The van der Waals surface area contributed by atoms with Gasteiger partial charge in [-0.15, -0.1) is 0 Å². The molecule has 7 heteroatoms. The van der Waals surface area contributed by atoms with Gasteiger partial charge in [0.2, 0.25) is 0 Å². The number of aryl methyl sites for hydroxylation is 1. The summed E-state index contributed by atoms with van der Waals surface area (Å²) in [5, 5.41) is 8.89. The maximum atomic E-state index is 11.4. The standard InChI is InChI=1S/C10H14N2O5/c1-17-8(6-14)2-3-12-4-7(5-13)9(15)11-10(12)16/h4-5,8,14H,2-3,6H2,1H3,(H,11,15,16). The molecule has 1 aromatic rings. The molecular formula is C10H14N2O5. The average Bonchev–Trinajstić information content (AvgIpc) is 2.32. The summed E-state index contributed by atoms with van der Waals surface area (Å²) in [5.41, 5.74) is -1.40. The molecule has 0 aromatic carbocycles. The first-order chi connectivity index (χ1) is 8.12. The summed E-state index contributed by atoms with van der Waals surface area (Å²) < 4.78 is 6.14. The van der Waals surface area contributed by atoms with Gasteiger partial charge in [0.1, 0.15) is 0 Å². The van der Waals surface area contributed by atoms with E-state index >= 15 is 0 Å². The highest BCUT2D eigenvalue weighted by Gasteiger charge is 2.08. The third kappa shape index (κ3) is 3.36. The lowest BCUT2D eigenvalue weighted by atomic mass is 10.2. The van der Waals surface area contributed by atoms with E-state index in [1.807, 2.05) is 4.98 Å². The van der Waals surface area contributed by atoms with Crippen LogP contribution in [0.1, 0.15) is 16.8 Å². The summed E-state index contributed by atoms with van der Waals surface area (Å²) in [6.45, 7) is 0.0880. The van der Waals surface area contributed by atoms with E-state index in [-0.39, 0.29) is 24.8 Å². The van der Waals surface area contributed by atoms with Crippen molar-refractivity contribution in [3.05, 3.63) is 32.6 Å². The minimum absolute atomic E-state index is 0.109. The quantitative estimate of drug-likeness (QED) is 0.607. The molecule has 94 valence electrons. The number of hydrogen-bond donors (Lipinski definition) is 2. The molecule has 0 spiro atoms. The van der Waals surface area contributed by atoms with Gasteiger partial charge < -0.3 is 9.84 Å². The molecule has 1 atom stereocenters. The first-order valence-electron chi connectivity index (χ1n) is 5.05. The largest absolute Gasteiger partial charge is 0.394 e. The highest BCUT2D eigenvalue weighted by Crippen LogP contribution is 1.97. The summed E-state index contributed by atoms with van der Waals surface area (Å²) in [4.78, 5) is 35.1. The van der Waals surface area contributed by atoms with Crippen molar-refractivity contribution in [1.82, 2.24) is 9.55 Å². The number of methoxy groups -OCH3 is 1. The minimum Gasteiger partial charge on any atom is -0.394 e. The van der Waals surface area contributed by atoms with E-state index in [9.17, 15) is 14.4 Å². The lowest BCUT2D eigenvalue weighted by molar-refractivity contribution is 0.0401. The van der Waals surface area contributed by atoms with Crippen LogP contribution in [0.15, 0.2) is 15.8 Å². The zero-order valence-corrected chi connectivity index (χ0v) is 9.38. The van der Waals surface area contributed by atoms with Crippen LogP contribution in [0.25, 0.3) is 0 Å². The van der Waals surface area contributed by atoms with E-state index in [0.717, 1.165) is 0 Å². The Kier molecular flexibility index (Phi) is 4.80. The molecule has 0 radical (unpaired) electrons. The van der Waals surface area contributed by atoms with Crippen LogP contribution in [0.2, 0.25) is 0 Å². The van der Waals surface area contributed by atoms with Crippen LogP contribution in [0.3, 0.4) is 0 Å². The number of carbonyl (C=O) groups excluding carboxylic acids is 1. The molecule has 0 saturated carbocycles. The van der Waals surface area contributed by atoms with Gasteiger partial charge in [0.15, 0.2) is 6.29 Å². The van der Waals surface area contributed by atoms with Crippen molar-refractivity contribution in [3.63, 3.8) is 0 Å². The fourth-order valence-electron chi connectivity index (χ4n) is 1.34. The van der Waals surface area contributed by atoms with E-state index in [2.05, 4.69) is 0 Å². The van der Waals surface area contributed by atoms with Crippen LogP contribution < -0.4 is 11.2 Å². The third-order valence-electron chi connectivity index (χ3n) is 2.39. The molecule has 17 heavy (non-hydrogen) atoms. The van der Waals surface area contributed by atoms with Crippen LogP contribution in [0, 0.1) is 0 Å². The van der Waals surface area contributed by atoms with Crippen molar-refractivity contribution in [2.75, 3.05) is 13.7 Å². The highest BCUT2D eigenvalue weighted by atomic mass is 16.5. The van der Waals surface area contributed by atoms with E-state index in [4.69, 9.17) is 9.84 Å². The summed E-state index contributed by atoms with van der Waals surface area (Å²) in [6, 6.07) is 0. The summed E-state index contributed by atoms with van der Waals surface area (Å²) in [7, 11) is 1.45. The molecule has 0 fully saturated rings. The highest BCUT2D eigenvalue weighted by molar-refractivity contribution is 5.73. The summed E-state index contributed by atoms with van der Waals surface area (Å²) >= 11 is 0. The van der Waals surface area contributed by atoms with Gasteiger partial charge in [0.25, 0.3) is 5.56 Å². The van der Waals surface area contributed by atoms with E-state index < -0.39 is 11.2 Å². The number of H-pyrrole nitrogens is 1. The molecule has 0 aliphatic carbocycles. The van der Waals surface area contributed by atoms with Crippen molar-refractivity contribution in [2.45, 2.75) is 19.1 Å². The number of aromatic amines is 1. The Hall–Kier alpha value is -1.73. The molecule has 0 aliphatic rings. The van der Waals surface area contributed by atoms with Crippen molar-refractivity contribution in [1.29, 1.82) is 0 Å². The maximum absolute atomic E-state index is 11.4. The number of nitrogens with one attached hydrogen (secondary N) is 1. The predicted octanol–water partition coefficient (Wildman–Crippen LogP) is -1.25. The van der Waals surface area contributed by atoms with Gasteiger partial charge >= 0.3 is 5.69 Å². The second-order valence-electron chi connectivity index (χ2n) is 3.48. The normalized spacial score (nSPS) is 12.4. The molecule has 7 nitrogen and oxygen atoms in total. The first-order valence-corrected chi connectivity index (χ1v) is 5.05. The number of aldehydes is 1. The van der Waals surface area contributed by atoms with Gasteiger partial charge in [-0.2, -0.15) is 0 Å². The molecule has 1 aromatic heterocycles. The van der Waals surface area contributed by atoms with Crippen LogP contribution in [0.5, 0.6) is 0 Å². The molecule has 1 unspecified atom stereocenters. The van der Waals surface area contributed by atoms with Crippen molar-refractivity contribution in [3.8, 4) is 0 Å². The summed E-state index contributed by atoms with van der Waals surface area (Å²) in [6.07, 6.45) is 1.60. The van der Waals surface area contributed by atoms with Crippen LogP contribution in [0.4, 0.5) is 0 Å². The number of aliphatic hydroxyl groups is 1. The van der Waals surface area contributed by atoms with Gasteiger partial charge in [-0.25, -0.2) is 4.79 Å². The Balaban J connectivity index is 2.88. The Morgan fingerprint density at radius 3 is 2.82 bits per heavy atom. The molecule has 0 aliphatic heterocycles. The molecule has 0 saturated heterocycles. The van der Waals surface area contributed by atoms with Crippen LogP contribution >= 0.6 is 0 Å². The SMILES string of the molecule is COC(CO)CCn1cc(C=O)c(=O)[nH]c1=O. The number of carbonyl (C=O) groups is 1. The zero-order valence-electron chi connectivity index (χ0n) is 9.38. The smallest absolute Gasteiger partial charge is 0.328 e. The number of rotatable bonds is 6. The van der Waals surface area contributed by atoms with E-state index in [1.165, 1.54) is 17.9 Å². The predicted molar refractivity (Wildman–Crippen MR) is 59.2 cm³/mol. The second-order valence-corrected chi connectivity index (χ2v) is 3.48. The van der Waals surface area contributed by atoms with Crippen LogP contribution in [-0.4, -0.2) is 40.8 Å². The molecule has 1 rings (SSSR count). The van der Waals surface area contributed by atoms with Gasteiger partial charge in [-0.3, -0.25) is 19.1 Å². The number of aromatic nitrogens is 2. The fraction of sp³-hybridized carbons (Fsp3) is 0.500. The van der Waals surface area contributed by atoms with Crippen LogP contribution in [-0.2, 0) is 11.3 Å². The molecule has 0 amide bonds. The number of hydrogen-bond acceptors (Lipinski definition) is 5. The van der Waals surface area contributed by atoms with Crippen molar-refractivity contribution in [2.24, 2.45) is 0 Å². The first kappa shape index (κ1) is 13.3. The minimum atomic E-state index is -0.702. The van der Waals surface area contributed by atoms with E-state index in [0.29, 0.717) is 12.7 Å². The van der Waals surface area contributed by atoms with Gasteiger partial charge in [0, 0.05) is 19.9 Å². The monoisotopic (exact) mass is 242 g/mol. The second kappa shape index (κ2) is 6.12. The Morgan fingerprint density at radius 1 is 1.59 bits per heavy atom. The fourth-order valence-corrected chi connectivity index (χ4v) is 1.34. The zero-order chi connectivity index (χ0) is 12.8. The van der Waals surface area contributed by atoms with Gasteiger partial charge in [0.05, 0.1) is 18.3 Å². The van der Waals surface area contributed by atoms with Gasteiger partial charge in [-0.05, 0) is 6.42 Å². The number of nitrogens with zero attached hydrogens (tertiary/aromatic N) is 1. The number of ether oxygens (including phenoxy) is 1. The van der Waals surface area contributed by atoms with Crippen molar-refractivity contribution >= 4 is 6.29 Å². The lowest BCUT2D eigenvalue weighted by Crippen LogP contribution is -2.33. The average molecular weight is 242 g/mol. The van der Waals surface area contributed by atoms with Gasteiger partial charge in [-0.1, -0.05) is 0 Å². The molecule has 0 bridgehead atoms. The number of aliphatic hydroxyl groups excluding tert-OH is 1. The maximum Gasteiger partial charge on any atom is 0.328 e. The third-order valence-corrected chi connectivity index (χ3v) is 2.39. The van der Waals surface area contributed by atoms with E-state index in [1.54, 1.807) is 0 Å². The van der Waals surface area contributed by atoms with Crippen molar-refractivity contribution < 1.29 is 14.6 Å². The lowest BCUT2D eigenvalue weighted by Gasteiger charge is -2.12. The Morgan fingerprint density at radius 2 is 2.29 bits per heavy atom. The summed E-state index contributed by atoms with van der Waals surface area (Å²) in [5.74, 6) is 0. The molecule has 1 heterocycles. The molecular weight excluding hydrogens is 228 g/mol. The topological polar surface area (TPSA) is 101 Å². The Bertz CT molecular complexity index is 486. The Labute approximate surface area is 96.7 Å².